The number of nitrogens with zero attached hydrogens (tertiary/aromatic N) is 2. The number of methoxy groups -OCH3 is 1. The Morgan fingerprint density at radius 1 is 1.19 bits per heavy atom. The second kappa shape index (κ2) is 9.27. The van der Waals surface area contributed by atoms with E-state index in [4.69, 9.17) is 4.74 Å². The first-order valence-electron chi connectivity index (χ1n) is 7.68. The minimum atomic E-state index is -1.66. The van der Waals surface area contributed by atoms with Gasteiger partial charge in [0.15, 0.2) is 0 Å². The maximum Gasteiger partial charge on any atom is 0.354 e. The van der Waals surface area contributed by atoms with E-state index in [1.807, 2.05) is 0 Å². The number of esters is 1. The summed E-state index contributed by atoms with van der Waals surface area (Å²) < 4.78 is 9.37. The van der Waals surface area contributed by atoms with Crippen LogP contribution in [0.5, 0.6) is 0 Å². The molecule has 146 valence electrons. The second-order valence-corrected chi connectivity index (χ2v) is 5.32. The molecule has 1 rings (SSSR count). The standard InChI is InChI=1S/C16H18N2O9/c1-4-27-15(20)12(9(2)19)13(14(18(24)25)16(21)26-3)10-5-7-11(8-6-10)17(22)23/h5-8,12-13,21H,4H2,1-3H3/t12-,13?/m1/s1. The minimum absolute atomic E-state index is 0.0177. The van der Waals surface area contributed by atoms with Crippen LogP contribution in [0, 0.1) is 26.1 Å². The number of ether oxygens (including phenoxy) is 2. The minimum Gasteiger partial charge on any atom is -0.476 e. The number of non-ortho nitro benzene ring substituents is 1. The molecule has 1 aromatic rings. The molecular weight excluding hydrogens is 364 g/mol. The number of benzene rings is 1. The van der Waals surface area contributed by atoms with Crippen molar-refractivity contribution in [2.24, 2.45) is 5.92 Å². The lowest BCUT2D eigenvalue weighted by Crippen LogP contribution is -2.34. The predicted molar refractivity (Wildman–Crippen MR) is 90.3 cm³/mol. The fraction of sp³-hybridized carbons (Fsp3) is 0.375. The molecule has 0 aliphatic heterocycles. The first-order valence-corrected chi connectivity index (χ1v) is 7.68. The van der Waals surface area contributed by atoms with Gasteiger partial charge in [0.05, 0.1) is 23.6 Å². The Kier molecular flexibility index (Phi) is 7.39. The van der Waals surface area contributed by atoms with Crippen molar-refractivity contribution < 1.29 is 34.0 Å². The van der Waals surface area contributed by atoms with Gasteiger partial charge in [-0.3, -0.25) is 29.8 Å². The quantitative estimate of drug-likeness (QED) is 0.222. The van der Waals surface area contributed by atoms with Crippen molar-refractivity contribution in [3.05, 3.63) is 61.7 Å². The summed E-state index contributed by atoms with van der Waals surface area (Å²) in [7, 11) is 0.971. The van der Waals surface area contributed by atoms with Crippen LogP contribution in [-0.4, -0.2) is 40.4 Å². The van der Waals surface area contributed by atoms with E-state index < -0.39 is 45.1 Å². The highest BCUT2D eigenvalue weighted by Crippen LogP contribution is 2.36. The van der Waals surface area contributed by atoms with Gasteiger partial charge in [-0.25, -0.2) is 0 Å². The van der Waals surface area contributed by atoms with E-state index in [0.717, 1.165) is 38.3 Å². The summed E-state index contributed by atoms with van der Waals surface area (Å²) in [5.74, 6) is -6.13. The van der Waals surface area contributed by atoms with Crippen molar-refractivity contribution >= 4 is 17.4 Å². The van der Waals surface area contributed by atoms with Crippen LogP contribution >= 0.6 is 0 Å². The van der Waals surface area contributed by atoms with Gasteiger partial charge in [0.25, 0.3) is 5.69 Å². The molecule has 1 aromatic carbocycles. The SMILES string of the molecule is CCOC(=O)[C@H](C(C)=O)C(C(=C(O)OC)[N+](=O)[O-])c1ccc([N+](=O)[O-])cc1. The number of nitro benzene ring substituents is 1. The summed E-state index contributed by atoms with van der Waals surface area (Å²) in [6.45, 7) is 2.46. The fourth-order valence-electron chi connectivity index (χ4n) is 2.51. The molecule has 27 heavy (non-hydrogen) atoms. The number of Topliss-reactive ketones (excluding diaryl/α,β-unsaturated/α-hetero) is 1. The molecule has 0 heterocycles. The van der Waals surface area contributed by atoms with Crippen LogP contribution in [0.25, 0.3) is 0 Å². The lowest BCUT2D eigenvalue weighted by atomic mass is 9.81. The molecule has 2 atom stereocenters. The zero-order valence-corrected chi connectivity index (χ0v) is 14.8. The molecule has 11 nitrogen and oxygen atoms in total. The third-order valence-electron chi connectivity index (χ3n) is 3.68. The van der Waals surface area contributed by atoms with E-state index in [1.165, 1.54) is 6.92 Å². The molecule has 1 unspecified atom stereocenters. The molecule has 11 heteroatoms. The Hall–Kier alpha value is -3.50. The number of hydrogen-bond donors (Lipinski definition) is 1. The van der Waals surface area contributed by atoms with Crippen LogP contribution in [0.3, 0.4) is 0 Å². The molecule has 0 fully saturated rings. The second-order valence-electron chi connectivity index (χ2n) is 5.32. The van der Waals surface area contributed by atoms with Crippen molar-refractivity contribution in [3.63, 3.8) is 0 Å². The molecule has 0 spiro atoms. The molecule has 0 aliphatic rings. The summed E-state index contributed by atoms with van der Waals surface area (Å²) in [6.07, 6.45) is 0. The highest BCUT2D eigenvalue weighted by atomic mass is 16.6. The third kappa shape index (κ3) is 5.00. The number of ketones is 1. The molecule has 0 aromatic heterocycles. The molecule has 0 amide bonds. The van der Waals surface area contributed by atoms with Crippen LogP contribution in [0.2, 0.25) is 0 Å². The Morgan fingerprint density at radius 2 is 1.74 bits per heavy atom. The molecule has 0 bridgehead atoms. The maximum atomic E-state index is 12.3. The van der Waals surface area contributed by atoms with Gasteiger partial charge in [0, 0.05) is 12.1 Å². The number of carbonyl (C=O) groups is 2. The van der Waals surface area contributed by atoms with E-state index in [0.29, 0.717) is 0 Å². The van der Waals surface area contributed by atoms with E-state index in [2.05, 4.69) is 4.74 Å². The Morgan fingerprint density at radius 3 is 2.11 bits per heavy atom. The molecular formula is C16H18N2O9. The maximum absolute atomic E-state index is 12.3. The van der Waals surface area contributed by atoms with E-state index in [-0.39, 0.29) is 17.9 Å². The van der Waals surface area contributed by atoms with Gasteiger partial charge in [-0.1, -0.05) is 12.1 Å². The molecule has 0 aliphatic carbocycles. The number of hydrogen-bond acceptors (Lipinski definition) is 9. The van der Waals surface area contributed by atoms with Crippen molar-refractivity contribution in [2.75, 3.05) is 13.7 Å². The predicted octanol–water partition coefficient (Wildman–Crippen LogP) is 2.10. The average molecular weight is 382 g/mol. The molecule has 0 saturated heterocycles. The normalized spacial score (nSPS) is 13.7. The Bertz CT molecular complexity index is 771. The van der Waals surface area contributed by atoms with Crippen LogP contribution in [0.1, 0.15) is 25.3 Å². The number of aliphatic hydroxyl groups excluding tert-OH is 1. The summed E-state index contributed by atoms with van der Waals surface area (Å²) in [5.41, 5.74) is -1.22. The largest absolute Gasteiger partial charge is 0.476 e. The molecule has 0 radical (unpaired) electrons. The van der Waals surface area contributed by atoms with Gasteiger partial charge in [-0.15, -0.1) is 0 Å². The van der Waals surface area contributed by atoms with Crippen molar-refractivity contribution in [3.8, 4) is 0 Å². The van der Waals surface area contributed by atoms with Crippen LogP contribution in [0.4, 0.5) is 5.69 Å². The van der Waals surface area contributed by atoms with Gasteiger partial charge in [-0.2, -0.15) is 0 Å². The zero-order chi connectivity index (χ0) is 20.7. The lowest BCUT2D eigenvalue weighted by molar-refractivity contribution is -0.436. The van der Waals surface area contributed by atoms with Crippen LogP contribution in [-0.2, 0) is 19.1 Å². The Labute approximate surface area is 153 Å². The number of allylic oxidation sites excluding steroid dienone is 1. The highest BCUT2D eigenvalue weighted by molar-refractivity contribution is 5.99. The van der Waals surface area contributed by atoms with Crippen molar-refractivity contribution in [1.82, 2.24) is 0 Å². The zero-order valence-electron chi connectivity index (χ0n) is 14.8. The van der Waals surface area contributed by atoms with Crippen molar-refractivity contribution in [1.29, 1.82) is 0 Å². The summed E-state index contributed by atoms with van der Waals surface area (Å²) in [4.78, 5) is 45.1. The number of aliphatic hydroxyl groups is 1. The summed E-state index contributed by atoms with van der Waals surface area (Å²) in [6, 6.07) is 4.44. The lowest BCUT2D eigenvalue weighted by Gasteiger charge is -2.22. The fourth-order valence-corrected chi connectivity index (χ4v) is 2.51. The summed E-state index contributed by atoms with van der Waals surface area (Å²) in [5, 5.41) is 32.2. The first kappa shape index (κ1) is 21.5. The van der Waals surface area contributed by atoms with Crippen molar-refractivity contribution in [2.45, 2.75) is 19.8 Å². The monoisotopic (exact) mass is 382 g/mol. The summed E-state index contributed by atoms with van der Waals surface area (Å²) >= 11 is 0. The van der Waals surface area contributed by atoms with Gasteiger partial charge in [0.1, 0.15) is 17.6 Å². The van der Waals surface area contributed by atoms with E-state index >= 15 is 0 Å². The Balaban J connectivity index is 3.69. The highest BCUT2D eigenvalue weighted by Gasteiger charge is 2.45. The van der Waals surface area contributed by atoms with Gasteiger partial charge in [0.2, 0.25) is 0 Å². The van der Waals surface area contributed by atoms with Gasteiger partial charge in [-0.05, 0) is 19.4 Å². The number of carbonyl (C=O) groups excluding carboxylic acids is 2. The van der Waals surface area contributed by atoms with Crippen LogP contribution < -0.4 is 0 Å². The van der Waals surface area contributed by atoms with Gasteiger partial charge >= 0.3 is 17.6 Å². The third-order valence-corrected chi connectivity index (χ3v) is 3.68. The van der Waals surface area contributed by atoms with Gasteiger partial charge < -0.3 is 14.6 Å². The molecule has 1 N–H and O–H groups in total. The first-order chi connectivity index (χ1) is 12.6. The average Bonchev–Trinajstić information content (AvgIpc) is 2.60. The smallest absolute Gasteiger partial charge is 0.354 e. The molecule has 0 saturated carbocycles. The van der Waals surface area contributed by atoms with Crippen LogP contribution in [0.15, 0.2) is 35.9 Å². The van der Waals surface area contributed by atoms with E-state index in [1.54, 1.807) is 0 Å². The number of rotatable bonds is 9. The topological polar surface area (TPSA) is 159 Å². The number of nitro groups is 2. The van der Waals surface area contributed by atoms with E-state index in [9.17, 15) is 34.9 Å².